The van der Waals surface area contributed by atoms with Gasteiger partial charge in [0, 0.05) is 0 Å². The summed E-state index contributed by atoms with van der Waals surface area (Å²) in [7, 11) is 0. The van der Waals surface area contributed by atoms with E-state index in [1.807, 2.05) is 24.8 Å². The average Bonchev–Trinajstić information content (AvgIpc) is 4.14. The van der Waals surface area contributed by atoms with Crippen molar-refractivity contribution >= 4 is 118 Å². The van der Waals surface area contributed by atoms with E-state index in [9.17, 15) is 0 Å². The number of fused-ring (bicyclic) bond motifs is 12. The number of rotatable bonds is 6. The van der Waals surface area contributed by atoms with Gasteiger partial charge >= 0.3 is 377 Å². The Kier molecular flexibility index (Phi) is 7.76. The molecule has 6 heterocycles. The van der Waals surface area contributed by atoms with Crippen LogP contribution in [0.2, 0.25) is 0 Å². The monoisotopic (exact) mass is 894 g/mol. The Bertz CT molecular complexity index is 3820. The maximum absolute atomic E-state index is 7.50. The Hall–Kier alpha value is -8.20. The summed E-state index contributed by atoms with van der Waals surface area (Å²) in [6.45, 7) is 0. The molecule has 14 aromatic rings. The molecule has 0 aliphatic heterocycles. The zero-order valence-corrected chi connectivity index (χ0v) is 37.0. The van der Waals surface area contributed by atoms with Crippen molar-refractivity contribution in [2.24, 2.45) is 0 Å². The minimum atomic E-state index is -4.16. The van der Waals surface area contributed by atoms with Crippen molar-refractivity contribution in [3.8, 4) is 11.4 Å². The summed E-state index contributed by atoms with van der Waals surface area (Å²) in [6.07, 6.45) is 7.68. The molecular weight excluding hydrogens is 857 g/mol. The fraction of sp³-hybridized carbons (Fsp3) is 0. The van der Waals surface area contributed by atoms with Gasteiger partial charge in [-0.3, -0.25) is 0 Å². The molecule has 0 unspecified atom stereocenters. The molecule has 6 aromatic heterocycles. The van der Waals surface area contributed by atoms with Gasteiger partial charge in [0.1, 0.15) is 0 Å². The van der Waals surface area contributed by atoms with E-state index in [4.69, 9.17) is 8.83 Å². The molecular formula is C58H36GeN4O2. The summed E-state index contributed by atoms with van der Waals surface area (Å²) in [5.41, 5.74) is 9.87. The van der Waals surface area contributed by atoms with Gasteiger partial charge in [0.05, 0.1) is 0 Å². The van der Waals surface area contributed by atoms with Crippen molar-refractivity contribution in [1.82, 2.24) is 19.1 Å². The van der Waals surface area contributed by atoms with Gasteiger partial charge in [-0.15, -0.1) is 0 Å². The van der Waals surface area contributed by atoms with Crippen LogP contribution in [0, 0.1) is 0 Å². The van der Waals surface area contributed by atoms with Gasteiger partial charge < -0.3 is 0 Å². The molecule has 65 heavy (non-hydrogen) atoms. The van der Waals surface area contributed by atoms with Gasteiger partial charge in [0.25, 0.3) is 0 Å². The fourth-order valence-electron chi connectivity index (χ4n) is 11.0. The van der Waals surface area contributed by atoms with E-state index in [1.54, 1.807) is 0 Å². The third-order valence-corrected chi connectivity index (χ3v) is 23.7. The van der Waals surface area contributed by atoms with Crippen molar-refractivity contribution in [3.63, 3.8) is 0 Å². The second-order valence-corrected chi connectivity index (χ2v) is 24.7. The van der Waals surface area contributed by atoms with E-state index in [0.717, 1.165) is 98.9 Å². The molecule has 304 valence electrons. The normalized spacial score (nSPS) is 12.3. The molecule has 0 saturated heterocycles. The zero-order chi connectivity index (χ0) is 42.6. The Labute approximate surface area is 374 Å². The first-order valence-corrected chi connectivity index (χ1v) is 26.2. The van der Waals surface area contributed by atoms with Crippen LogP contribution in [0.1, 0.15) is 0 Å². The van der Waals surface area contributed by atoms with E-state index in [0.29, 0.717) is 0 Å². The van der Waals surface area contributed by atoms with Gasteiger partial charge in [0.2, 0.25) is 0 Å². The van der Waals surface area contributed by atoms with Crippen LogP contribution in [0.5, 0.6) is 0 Å². The molecule has 0 amide bonds. The first-order valence-electron chi connectivity index (χ1n) is 22.0. The quantitative estimate of drug-likeness (QED) is 0.156. The number of nitrogens with zero attached hydrogens (tertiary/aromatic N) is 4. The summed E-state index contributed by atoms with van der Waals surface area (Å²) < 4.78 is 24.6. The summed E-state index contributed by atoms with van der Waals surface area (Å²) in [4.78, 5) is 9.05. The summed E-state index contributed by atoms with van der Waals surface area (Å²) in [5, 5.41) is 8.85. The Morgan fingerprint density at radius 3 is 1.14 bits per heavy atom. The van der Waals surface area contributed by atoms with Crippen LogP contribution in [0.15, 0.2) is 228 Å². The molecule has 7 heteroatoms. The van der Waals surface area contributed by atoms with Gasteiger partial charge in [-0.2, -0.15) is 0 Å². The van der Waals surface area contributed by atoms with E-state index in [1.165, 1.54) is 17.6 Å². The molecule has 0 fully saturated rings. The van der Waals surface area contributed by atoms with E-state index < -0.39 is 13.3 Å². The summed E-state index contributed by atoms with van der Waals surface area (Å²) in [5.74, 6) is 0. The number of hydrogen-bond acceptors (Lipinski definition) is 4. The molecule has 8 aromatic carbocycles. The minimum absolute atomic E-state index is 0.847. The SMILES string of the molecule is c1cc[c]([Ge]([c]2ccccc2)([c]2cccc3c2oc2c(-n4c5ccccc5c5cnccc54)cccc23)[c]2cccc3c2oc2c(-n4c5ccccc5c5cnccc54)cccc23)cc1. The third-order valence-electron chi connectivity index (χ3n) is 13.7. The van der Waals surface area contributed by atoms with Crippen molar-refractivity contribution in [3.05, 3.63) is 219 Å². The molecule has 0 atom stereocenters. The molecule has 0 radical (unpaired) electrons. The fourth-order valence-corrected chi connectivity index (χ4v) is 21.5. The maximum atomic E-state index is 7.50. The van der Waals surface area contributed by atoms with Crippen LogP contribution in [0.3, 0.4) is 0 Å². The van der Waals surface area contributed by atoms with Crippen LogP contribution in [0.25, 0.3) is 98.9 Å². The first kappa shape index (κ1) is 36.3. The number of pyridine rings is 2. The van der Waals surface area contributed by atoms with Crippen LogP contribution >= 0.6 is 0 Å². The second kappa shape index (κ2) is 13.9. The predicted octanol–water partition coefficient (Wildman–Crippen LogP) is 11.8. The Balaban J connectivity index is 1.10. The number of aromatic nitrogens is 4. The Morgan fingerprint density at radius 1 is 0.308 bits per heavy atom. The molecule has 0 saturated carbocycles. The van der Waals surface area contributed by atoms with Gasteiger partial charge in [0.15, 0.2) is 0 Å². The number of benzene rings is 8. The predicted molar refractivity (Wildman–Crippen MR) is 269 cm³/mol. The first-order chi connectivity index (χ1) is 32.3. The van der Waals surface area contributed by atoms with Crippen LogP contribution in [-0.2, 0) is 0 Å². The molecule has 0 N–H and O–H groups in total. The molecule has 0 bridgehead atoms. The third kappa shape index (κ3) is 5.00. The van der Waals surface area contributed by atoms with Crippen LogP contribution in [0.4, 0.5) is 0 Å². The number of para-hydroxylation sites is 6. The van der Waals surface area contributed by atoms with Gasteiger partial charge in [-0.1, -0.05) is 0 Å². The van der Waals surface area contributed by atoms with Crippen molar-refractivity contribution < 1.29 is 8.83 Å². The van der Waals surface area contributed by atoms with Crippen molar-refractivity contribution in [1.29, 1.82) is 0 Å². The number of hydrogen-bond donors (Lipinski definition) is 0. The van der Waals surface area contributed by atoms with E-state index in [-0.39, 0.29) is 0 Å². The molecule has 0 aliphatic carbocycles. The van der Waals surface area contributed by atoms with E-state index in [2.05, 4.69) is 213 Å². The molecule has 6 nitrogen and oxygen atoms in total. The van der Waals surface area contributed by atoms with E-state index >= 15 is 0 Å². The Morgan fingerprint density at radius 2 is 0.677 bits per heavy atom. The van der Waals surface area contributed by atoms with Crippen LogP contribution < -0.4 is 17.6 Å². The van der Waals surface area contributed by atoms with Crippen LogP contribution in [-0.4, -0.2) is 32.4 Å². The standard InChI is InChI=1S/C58H36GeN4O2/c1-3-15-37(16-4-1)59(38-17-5-2-6-18-38,47-25-11-21-41-43-23-13-29-53(57(43)64-55(41)47)62-49-27-9-7-19-39(49)45-35-60-33-31-51(45)62)48-26-12-22-42-44-24-14-30-54(58(44)65-56(42)48)63-50-28-10-8-20-40(50)46-36-61-34-32-52(46)63/h1-36H. The van der Waals surface area contributed by atoms with Crippen molar-refractivity contribution in [2.45, 2.75) is 0 Å². The number of furan rings is 2. The molecule has 0 spiro atoms. The second-order valence-electron chi connectivity index (χ2n) is 16.8. The molecule has 14 rings (SSSR count). The summed E-state index contributed by atoms with van der Waals surface area (Å²) >= 11 is -4.16. The topological polar surface area (TPSA) is 61.9 Å². The van der Waals surface area contributed by atoms with Gasteiger partial charge in [-0.05, 0) is 0 Å². The zero-order valence-electron chi connectivity index (χ0n) is 34.9. The summed E-state index contributed by atoms with van der Waals surface area (Å²) in [6, 6.07) is 70.2. The van der Waals surface area contributed by atoms with Gasteiger partial charge in [-0.25, -0.2) is 0 Å². The molecule has 0 aliphatic rings. The van der Waals surface area contributed by atoms with Crippen molar-refractivity contribution in [2.75, 3.05) is 0 Å². The average molecular weight is 894 g/mol.